The molecule has 4 aliphatic rings. The molecule has 4 aliphatic carbocycles. The van der Waals surface area contributed by atoms with Crippen molar-refractivity contribution in [1.82, 2.24) is 5.32 Å². The Balaban J connectivity index is 1.92. The van der Waals surface area contributed by atoms with Gasteiger partial charge in [-0.25, -0.2) is 0 Å². The summed E-state index contributed by atoms with van der Waals surface area (Å²) in [6.45, 7) is 0. The van der Waals surface area contributed by atoms with E-state index < -0.39 is 5.97 Å². The molecule has 0 radical (unpaired) electrons. The van der Waals surface area contributed by atoms with Crippen LogP contribution in [0.5, 0.6) is 0 Å². The van der Waals surface area contributed by atoms with Crippen molar-refractivity contribution in [1.29, 1.82) is 0 Å². The number of carboxylic acids is 1. The maximum atomic E-state index is 11.4. The SMILES string of the molecule is CNC1C2CC3CC1CC(C(=O)O)(C3)C2. The third-order valence-electron chi connectivity index (χ3n) is 5.06. The average molecular weight is 209 g/mol. The molecular formula is C12H19NO2. The average Bonchev–Trinajstić information content (AvgIpc) is 2.16. The molecule has 4 fully saturated rings. The van der Waals surface area contributed by atoms with Crippen LogP contribution >= 0.6 is 0 Å². The smallest absolute Gasteiger partial charge is 0.309 e. The molecule has 15 heavy (non-hydrogen) atoms. The fraction of sp³-hybridized carbons (Fsp3) is 0.917. The van der Waals surface area contributed by atoms with Crippen LogP contribution in [0, 0.1) is 23.2 Å². The molecule has 0 saturated heterocycles. The molecule has 2 atom stereocenters. The zero-order chi connectivity index (χ0) is 10.6. The third kappa shape index (κ3) is 1.19. The lowest BCUT2D eigenvalue weighted by atomic mass is 9.48. The quantitative estimate of drug-likeness (QED) is 0.724. The summed E-state index contributed by atoms with van der Waals surface area (Å²) in [6.07, 6.45) is 5.31. The van der Waals surface area contributed by atoms with Gasteiger partial charge in [0, 0.05) is 6.04 Å². The first-order chi connectivity index (χ1) is 7.14. The van der Waals surface area contributed by atoms with E-state index in [2.05, 4.69) is 5.32 Å². The highest BCUT2D eigenvalue weighted by molar-refractivity contribution is 5.75. The largest absolute Gasteiger partial charge is 0.481 e. The Morgan fingerprint density at radius 3 is 2.33 bits per heavy atom. The second kappa shape index (κ2) is 2.97. The zero-order valence-corrected chi connectivity index (χ0v) is 9.20. The van der Waals surface area contributed by atoms with Crippen molar-refractivity contribution in [2.75, 3.05) is 7.05 Å². The van der Waals surface area contributed by atoms with Crippen LogP contribution < -0.4 is 5.32 Å². The van der Waals surface area contributed by atoms with Crippen LogP contribution in [-0.4, -0.2) is 24.2 Å². The van der Waals surface area contributed by atoms with Crippen LogP contribution in [0.25, 0.3) is 0 Å². The standard InChI is InChI=1S/C12H19NO2/c1-13-10-8-2-7-3-9(10)6-12(4-7,5-8)11(14)15/h7-10,13H,2-6H2,1H3,(H,14,15). The number of hydrogen-bond donors (Lipinski definition) is 2. The van der Waals surface area contributed by atoms with Crippen molar-refractivity contribution in [2.24, 2.45) is 23.2 Å². The number of hydrogen-bond acceptors (Lipinski definition) is 2. The molecule has 4 saturated carbocycles. The van der Waals surface area contributed by atoms with Crippen LogP contribution in [0.15, 0.2) is 0 Å². The van der Waals surface area contributed by atoms with Crippen LogP contribution in [-0.2, 0) is 4.79 Å². The van der Waals surface area contributed by atoms with Gasteiger partial charge >= 0.3 is 5.97 Å². The first-order valence-corrected chi connectivity index (χ1v) is 6.05. The van der Waals surface area contributed by atoms with Gasteiger partial charge in [0.05, 0.1) is 5.41 Å². The molecule has 0 amide bonds. The molecule has 84 valence electrons. The summed E-state index contributed by atoms with van der Waals surface area (Å²) >= 11 is 0. The van der Waals surface area contributed by atoms with Gasteiger partial charge in [-0.3, -0.25) is 4.79 Å². The second-order valence-electron chi connectivity index (χ2n) is 5.87. The van der Waals surface area contributed by atoms with Crippen molar-refractivity contribution < 1.29 is 9.90 Å². The molecule has 3 heteroatoms. The predicted octanol–water partition coefficient (Wildman–Crippen LogP) is 1.49. The summed E-state index contributed by atoms with van der Waals surface area (Å²) in [7, 11) is 2.03. The monoisotopic (exact) mass is 209 g/mol. The molecule has 2 unspecified atom stereocenters. The molecule has 3 nitrogen and oxygen atoms in total. The van der Waals surface area contributed by atoms with Crippen molar-refractivity contribution in [3.63, 3.8) is 0 Å². The van der Waals surface area contributed by atoms with E-state index in [0.29, 0.717) is 23.8 Å². The molecule has 0 aromatic carbocycles. The molecule has 0 aromatic heterocycles. The van der Waals surface area contributed by atoms with Gasteiger partial charge in [0.25, 0.3) is 0 Å². The van der Waals surface area contributed by atoms with E-state index in [1.54, 1.807) is 0 Å². The third-order valence-corrected chi connectivity index (χ3v) is 5.06. The first-order valence-electron chi connectivity index (χ1n) is 6.05. The first kappa shape index (κ1) is 9.64. The molecule has 0 spiro atoms. The van der Waals surface area contributed by atoms with E-state index in [-0.39, 0.29) is 5.41 Å². The Kier molecular flexibility index (Phi) is 1.91. The second-order valence-corrected chi connectivity index (χ2v) is 5.87. The lowest BCUT2D eigenvalue weighted by molar-refractivity contribution is -0.167. The van der Waals surface area contributed by atoms with Crippen LogP contribution in [0.2, 0.25) is 0 Å². The van der Waals surface area contributed by atoms with Crippen molar-refractivity contribution in [3.8, 4) is 0 Å². The number of carbonyl (C=O) groups is 1. The Labute approximate surface area is 90.2 Å². The molecule has 0 heterocycles. The maximum Gasteiger partial charge on any atom is 0.309 e. The Bertz CT molecular complexity index is 286. The Morgan fingerprint density at radius 1 is 1.27 bits per heavy atom. The summed E-state index contributed by atoms with van der Waals surface area (Å²) < 4.78 is 0. The Morgan fingerprint density at radius 2 is 1.87 bits per heavy atom. The topological polar surface area (TPSA) is 49.3 Å². The van der Waals surface area contributed by atoms with Crippen LogP contribution in [0.4, 0.5) is 0 Å². The minimum Gasteiger partial charge on any atom is -0.481 e. The van der Waals surface area contributed by atoms with Crippen LogP contribution in [0.3, 0.4) is 0 Å². The number of carboxylic acid groups (broad SMARTS) is 1. The van der Waals surface area contributed by atoms with Gasteiger partial charge in [0.1, 0.15) is 0 Å². The van der Waals surface area contributed by atoms with Crippen molar-refractivity contribution in [2.45, 2.75) is 38.1 Å². The predicted molar refractivity (Wildman–Crippen MR) is 56.5 cm³/mol. The minimum atomic E-state index is -0.531. The number of nitrogens with one attached hydrogen (secondary N) is 1. The molecule has 4 bridgehead atoms. The number of aliphatic carboxylic acids is 1. The minimum absolute atomic E-state index is 0.343. The van der Waals surface area contributed by atoms with Gasteiger partial charge < -0.3 is 10.4 Å². The fourth-order valence-corrected chi connectivity index (χ4v) is 4.76. The zero-order valence-electron chi connectivity index (χ0n) is 9.20. The van der Waals surface area contributed by atoms with E-state index in [1.807, 2.05) is 7.05 Å². The van der Waals surface area contributed by atoms with Gasteiger partial charge in [-0.1, -0.05) is 0 Å². The molecule has 0 aliphatic heterocycles. The molecule has 4 rings (SSSR count). The molecule has 0 aromatic rings. The van der Waals surface area contributed by atoms with E-state index in [4.69, 9.17) is 0 Å². The summed E-state index contributed by atoms with van der Waals surface area (Å²) in [5.41, 5.74) is -0.343. The van der Waals surface area contributed by atoms with Gasteiger partial charge in [-0.05, 0) is 56.9 Å². The van der Waals surface area contributed by atoms with Gasteiger partial charge in [-0.2, -0.15) is 0 Å². The maximum absolute atomic E-state index is 11.4. The summed E-state index contributed by atoms with van der Waals surface area (Å²) in [4.78, 5) is 11.4. The summed E-state index contributed by atoms with van der Waals surface area (Å²) in [6, 6.07) is 0.592. The van der Waals surface area contributed by atoms with E-state index in [9.17, 15) is 9.90 Å². The fourth-order valence-electron chi connectivity index (χ4n) is 4.76. The number of rotatable bonds is 2. The highest BCUT2D eigenvalue weighted by atomic mass is 16.4. The van der Waals surface area contributed by atoms with E-state index >= 15 is 0 Å². The van der Waals surface area contributed by atoms with Gasteiger partial charge in [0.15, 0.2) is 0 Å². The van der Waals surface area contributed by atoms with E-state index in [0.717, 1.165) is 19.3 Å². The van der Waals surface area contributed by atoms with Gasteiger partial charge in [-0.15, -0.1) is 0 Å². The molecular weight excluding hydrogens is 190 g/mol. The van der Waals surface area contributed by atoms with Crippen molar-refractivity contribution in [3.05, 3.63) is 0 Å². The molecule has 2 N–H and O–H groups in total. The van der Waals surface area contributed by atoms with Crippen molar-refractivity contribution >= 4 is 5.97 Å². The highest BCUT2D eigenvalue weighted by Crippen LogP contribution is 2.59. The normalized spacial score (nSPS) is 52.1. The van der Waals surface area contributed by atoms with Crippen LogP contribution in [0.1, 0.15) is 32.1 Å². The summed E-state index contributed by atoms with van der Waals surface area (Å²) in [5, 5.41) is 12.8. The lowest BCUT2D eigenvalue weighted by Crippen LogP contribution is -2.59. The summed E-state index contributed by atoms with van der Waals surface area (Å²) in [5.74, 6) is 1.41. The highest BCUT2D eigenvalue weighted by Gasteiger charge is 2.58. The van der Waals surface area contributed by atoms with E-state index in [1.165, 1.54) is 12.8 Å². The Hall–Kier alpha value is -0.570. The van der Waals surface area contributed by atoms with Gasteiger partial charge in [0.2, 0.25) is 0 Å². The lowest BCUT2D eigenvalue weighted by Gasteiger charge is -2.58.